The van der Waals surface area contributed by atoms with Gasteiger partial charge in [0.15, 0.2) is 6.10 Å². The Morgan fingerprint density at radius 2 is 2.00 bits per heavy atom. The molecule has 0 aromatic carbocycles. The number of hydrogen-bond donors (Lipinski definition) is 4. The number of fused-ring (bicyclic) bond motifs is 1. The fourth-order valence-electron chi connectivity index (χ4n) is 5.09. The van der Waals surface area contributed by atoms with Gasteiger partial charge < -0.3 is 25.2 Å². The third-order valence-corrected chi connectivity index (χ3v) is 7.13. The third kappa shape index (κ3) is 5.76. The quantitative estimate of drug-likeness (QED) is 0.311. The summed E-state index contributed by atoms with van der Waals surface area (Å²) < 4.78 is 5.72. The van der Waals surface area contributed by atoms with E-state index >= 15 is 0 Å². The van der Waals surface area contributed by atoms with Gasteiger partial charge in [-0.1, -0.05) is 33.6 Å². The van der Waals surface area contributed by atoms with Crippen LogP contribution in [-0.2, 0) is 14.3 Å². The number of allylic oxidation sites excluding steroid dienone is 1. The van der Waals surface area contributed by atoms with Crippen molar-refractivity contribution in [1.82, 2.24) is 0 Å². The number of rotatable bonds is 10. The molecule has 2 aliphatic carbocycles. The Kier molecular flexibility index (Phi) is 8.73. The van der Waals surface area contributed by atoms with Crippen LogP contribution in [0, 0.1) is 23.7 Å². The highest BCUT2D eigenvalue weighted by Crippen LogP contribution is 2.51. The fraction of sp³-hybridized carbons (Fsp3) is 0.826. The van der Waals surface area contributed by atoms with Crippen molar-refractivity contribution in [2.75, 3.05) is 0 Å². The Balaban J connectivity index is 2.11. The van der Waals surface area contributed by atoms with E-state index in [-0.39, 0.29) is 41.8 Å². The number of aliphatic carboxylic acids is 1. The van der Waals surface area contributed by atoms with Gasteiger partial charge in [-0.15, -0.1) is 0 Å². The van der Waals surface area contributed by atoms with Gasteiger partial charge in [0, 0.05) is 6.42 Å². The van der Waals surface area contributed by atoms with Gasteiger partial charge in [0.2, 0.25) is 0 Å². The number of aliphatic hydroxyl groups excluding tert-OH is 2. The van der Waals surface area contributed by atoms with Crippen LogP contribution in [0.4, 0.5) is 0 Å². The standard InChI is InChI=1S/C23H38O7/c1-4-14(2)22(28)30-20-12-18(25)11-16-10-9-15(3)19(23(16,20)29)8-6-5-7-17(24)13-21(26)27/h12,14-17,19-20,24-25,29H,4-11,13H2,1-3H3,(H,26,27). The summed E-state index contributed by atoms with van der Waals surface area (Å²) in [4.78, 5) is 23.1. The molecule has 0 aliphatic heterocycles. The smallest absolute Gasteiger partial charge is 0.309 e. The van der Waals surface area contributed by atoms with E-state index < -0.39 is 23.8 Å². The Hall–Kier alpha value is -1.60. The molecule has 0 spiro atoms. The van der Waals surface area contributed by atoms with Crippen LogP contribution in [0.3, 0.4) is 0 Å². The SMILES string of the molecule is CCC(C)C(=O)OC1C=C(O)CC2CCC(C)C(CCCCC(O)CC(=O)O)C21O. The third-order valence-electron chi connectivity index (χ3n) is 7.13. The van der Waals surface area contributed by atoms with Crippen LogP contribution in [0.2, 0.25) is 0 Å². The molecular weight excluding hydrogens is 388 g/mol. The number of aliphatic hydroxyl groups is 3. The second kappa shape index (κ2) is 10.6. The van der Waals surface area contributed by atoms with Crippen LogP contribution in [0.5, 0.6) is 0 Å². The summed E-state index contributed by atoms with van der Waals surface area (Å²) in [6, 6.07) is 0. The first-order valence-electron chi connectivity index (χ1n) is 11.3. The molecule has 2 rings (SSSR count). The number of carbonyl (C=O) groups excluding carboxylic acids is 1. The lowest BCUT2D eigenvalue weighted by Gasteiger charge is -2.53. The van der Waals surface area contributed by atoms with Crippen LogP contribution in [0.1, 0.15) is 78.6 Å². The lowest BCUT2D eigenvalue weighted by atomic mass is 9.57. The van der Waals surface area contributed by atoms with Crippen LogP contribution < -0.4 is 0 Å². The Morgan fingerprint density at radius 1 is 1.30 bits per heavy atom. The summed E-state index contributed by atoms with van der Waals surface area (Å²) in [6.07, 6.45) is 4.72. The van der Waals surface area contributed by atoms with Gasteiger partial charge in [0.25, 0.3) is 0 Å². The number of carboxylic acids is 1. The van der Waals surface area contributed by atoms with Gasteiger partial charge in [-0.3, -0.25) is 9.59 Å². The highest BCUT2D eigenvalue weighted by Gasteiger charge is 2.56. The molecular formula is C23H38O7. The summed E-state index contributed by atoms with van der Waals surface area (Å²) in [5.74, 6) is -1.54. The molecule has 0 radical (unpaired) electrons. The minimum atomic E-state index is -1.23. The fourth-order valence-corrected chi connectivity index (χ4v) is 5.09. The van der Waals surface area contributed by atoms with Crippen molar-refractivity contribution in [2.24, 2.45) is 23.7 Å². The molecule has 2 aliphatic rings. The maximum Gasteiger partial charge on any atom is 0.309 e. The van der Waals surface area contributed by atoms with Crippen molar-refractivity contribution in [3.8, 4) is 0 Å². The first-order chi connectivity index (χ1) is 14.1. The molecule has 7 unspecified atom stereocenters. The Labute approximate surface area is 179 Å². The minimum absolute atomic E-state index is 0.105. The molecule has 0 saturated heterocycles. The molecule has 0 heterocycles. The van der Waals surface area contributed by atoms with E-state index in [2.05, 4.69) is 6.92 Å². The van der Waals surface area contributed by atoms with Crippen molar-refractivity contribution in [3.63, 3.8) is 0 Å². The van der Waals surface area contributed by atoms with Crippen molar-refractivity contribution >= 4 is 11.9 Å². The Morgan fingerprint density at radius 3 is 2.63 bits per heavy atom. The Bertz CT molecular complexity index is 631. The zero-order valence-electron chi connectivity index (χ0n) is 18.4. The predicted molar refractivity (Wildman–Crippen MR) is 112 cm³/mol. The molecule has 30 heavy (non-hydrogen) atoms. The molecule has 1 saturated carbocycles. The van der Waals surface area contributed by atoms with Crippen molar-refractivity contribution < 1.29 is 34.8 Å². The van der Waals surface area contributed by atoms with Gasteiger partial charge in [-0.25, -0.2) is 0 Å². The number of unbranched alkanes of at least 4 members (excludes halogenated alkanes) is 1. The van der Waals surface area contributed by atoms with Crippen LogP contribution in [-0.4, -0.2) is 50.2 Å². The average molecular weight is 427 g/mol. The van der Waals surface area contributed by atoms with E-state index in [0.29, 0.717) is 32.1 Å². The monoisotopic (exact) mass is 426 g/mol. The van der Waals surface area contributed by atoms with Gasteiger partial charge in [-0.2, -0.15) is 0 Å². The normalized spacial score (nSPS) is 33.2. The molecule has 0 aromatic rings. The van der Waals surface area contributed by atoms with E-state index in [1.807, 2.05) is 6.92 Å². The lowest BCUT2D eigenvalue weighted by molar-refractivity contribution is -0.201. The molecule has 172 valence electrons. The largest absolute Gasteiger partial charge is 0.513 e. The second-order valence-corrected chi connectivity index (χ2v) is 9.31. The summed E-state index contributed by atoms with van der Waals surface area (Å²) in [5, 5.41) is 40.6. The number of esters is 1. The summed E-state index contributed by atoms with van der Waals surface area (Å²) in [5.41, 5.74) is -1.23. The molecule has 0 aromatic heterocycles. The number of carbonyl (C=O) groups is 2. The molecule has 0 bridgehead atoms. The van der Waals surface area contributed by atoms with E-state index in [1.54, 1.807) is 6.92 Å². The highest BCUT2D eigenvalue weighted by atomic mass is 16.6. The maximum atomic E-state index is 12.5. The average Bonchev–Trinajstić information content (AvgIpc) is 2.66. The lowest BCUT2D eigenvalue weighted by Crippen LogP contribution is -2.61. The predicted octanol–water partition coefficient (Wildman–Crippen LogP) is 3.58. The van der Waals surface area contributed by atoms with Crippen molar-refractivity contribution in [1.29, 1.82) is 0 Å². The number of hydrogen-bond acceptors (Lipinski definition) is 6. The van der Waals surface area contributed by atoms with Gasteiger partial charge >= 0.3 is 11.9 Å². The topological polar surface area (TPSA) is 124 Å². The number of carboxylic acid groups (broad SMARTS) is 1. The van der Waals surface area contributed by atoms with Gasteiger partial charge in [0.05, 0.1) is 24.2 Å². The van der Waals surface area contributed by atoms with Crippen LogP contribution in [0.15, 0.2) is 11.8 Å². The first-order valence-corrected chi connectivity index (χ1v) is 11.3. The van der Waals surface area contributed by atoms with E-state index in [0.717, 1.165) is 19.3 Å². The molecule has 7 atom stereocenters. The van der Waals surface area contributed by atoms with Gasteiger partial charge in [-0.05, 0) is 55.9 Å². The summed E-state index contributed by atoms with van der Waals surface area (Å²) >= 11 is 0. The number of ether oxygens (including phenoxy) is 1. The second-order valence-electron chi connectivity index (χ2n) is 9.31. The maximum absolute atomic E-state index is 12.5. The molecule has 7 nitrogen and oxygen atoms in total. The molecule has 0 amide bonds. The van der Waals surface area contributed by atoms with Gasteiger partial charge in [0.1, 0.15) is 5.60 Å². The van der Waals surface area contributed by atoms with E-state index in [1.165, 1.54) is 6.08 Å². The highest BCUT2D eigenvalue weighted by molar-refractivity contribution is 5.72. The zero-order chi connectivity index (χ0) is 22.5. The van der Waals surface area contributed by atoms with Crippen molar-refractivity contribution in [2.45, 2.75) is 96.4 Å². The minimum Gasteiger partial charge on any atom is -0.513 e. The van der Waals surface area contributed by atoms with Crippen molar-refractivity contribution in [3.05, 3.63) is 11.8 Å². The molecule has 4 N–H and O–H groups in total. The summed E-state index contributed by atoms with van der Waals surface area (Å²) in [7, 11) is 0. The zero-order valence-corrected chi connectivity index (χ0v) is 18.4. The summed E-state index contributed by atoms with van der Waals surface area (Å²) in [6.45, 7) is 5.80. The van der Waals surface area contributed by atoms with E-state index in [9.17, 15) is 24.9 Å². The first kappa shape index (κ1) is 24.7. The van der Waals surface area contributed by atoms with Crippen LogP contribution in [0.25, 0.3) is 0 Å². The van der Waals surface area contributed by atoms with E-state index in [4.69, 9.17) is 9.84 Å². The molecule has 7 heteroatoms. The molecule has 1 fully saturated rings. The van der Waals surface area contributed by atoms with Crippen LogP contribution >= 0.6 is 0 Å².